The molecule has 6 heteroatoms. The first-order valence-electron chi connectivity index (χ1n) is 5.91. The van der Waals surface area contributed by atoms with Gasteiger partial charge in [0.25, 0.3) is 0 Å². The molecule has 1 unspecified atom stereocenters. The second kappa shape index (κ2) is 6.26. The highest BCUT2D eigenvalue weighted by atomic mass is 32.2. The Morgan fingerprint density at radius 3 is 2.56 bits per heavy atom. The van der Waals surface area contributed by atoms with Gasteiger partial charge in [-0.3, -0.25) is 16.3 Å². The Bertz CT molecular complexity index is 500. The van der Waals surface area contributed by atoms with Crippen molar-refractivity contribution >= 4 is 9.84 Å². The van der Waals surface area contributed by atoms with Crippen LogP contribution in [0.2, 0.25) is 0 Å². The quantitative estimate of drug-likeness (QED) is 0.596. The molecule has 0 aromatic carbocycles. The summed E-state index contributed by atoms with van der Waals surface area (Å²) in [5.41, 5.74) is 5.64. The zero-order valence-corrected chi connectivity index (χ0v) is 11.9. The van der Waals surface area contributed by atoms with E-state index in [1.807, 2.05) is 26.0 Å². The van der Waals surface area contributed by atoms with Gasteiger partial charge in [0.2, 0.25) is 0 Å². The molecule has 1 aromatic rings. The summed E-state index contributed by atoms with van der Waals surface area (Å²) in [5.74, 6) is 5.72. The van der Waals surface area contributed by atoms with Crippen molar-refractivity contribution in [3.63, 3.8) is 0 Å². The van der Waals surface area contributed by atoms with Gasteiger partial charge in [-0.2, -0.15) is 0 Å². The SMILES string of the molecule is Cc1ccc(C(CCCS(C)(=O)=O)NN)c(C)n1. The normalized spacial score (nSPS) is 13.6. The monoisotopic (exact) mass is 271 g/mol. The van der Waals surface area contributed by atoms with Crippen LogP contribution >= 0.6 is 0 Å². The minimum Gasteiger partial charge on any atom is -0.271 e. The Morgan fingerprint density at radius 2 is 2.06 bits per heavy atom. The Kier molecular flexibility index (Phi) is 5.25. The lowest BCUT2D eigenvalue weighted by Gasteiger charge is -2.18. The third-order valence-corrected chi connectivity index (χ3v) is 3.88. The van der Waals surface area contributed by atoms with Crippen LogP contribution in [-0.2, 0) is 9.84 Å². The van der Waals surface area contributed by atoms with Crippen LogP contribution in [0.25, 0.3) is 0 Å². The maximum Gasteiger partial charge on any atom is 0.147 e. The van der Waals surface area contributed by atoms with E-state index in [2.05, 4.69) is 10.4 Å². The molecule has 102 valence electrons. The van der Waals surface area contributed by atoms with Crippen LogP contribution < -0.4 is 11.3 Å². The van der Waals surface area contributed by atoms with Gasteiger partial charge in [0.05, 0.1) is 0 Å². The van der Waals surface area contributed by atoms with E-state index in [1.54, 1.807) is 0 Å². The number of hydrogen-bond acceptors (Lipinski definition) is 5. The Labute approximate surface area is 109 Å². The molecular formula is C12H21N3O2S. The molecule has 5 nitrogen and oxygen atoms in total. The minimum atomic E-state index is -2.91. The Hall–Kier alpha value is -0.980. The lowest BCUT2D eigenvalue weighted by atomic mass is 10.0. The van der Waals surface area contributed by atoms with Crippen LogP contribution in [0.4, 0.5) is 0 Å². The molecule has 0 spiro atoms. The smallest absolute Gasteiger partial charge is 0.147 e. The third-order valence-electron chi connectivity index (χ3n) is 2.85. The van der Waals surface area contributed by atoms with Gasteiger partial charge in [0.1, 0.15) is 9.84 Å². The molecule has 0 amide bonds. The number of nitrogens with one attached hydrogen (secondary N) is 1. The molecule has 0 aliphatic carbocycles. The van der Waals surface area contributed by atoms with Crippen molar-refractivity contribution in [2.45, 2.75) is 32.7 Å². The summed E-state index contributed by atoms with van der Waals surface area (Å²) >= 11 is 0. The summed E-state index contributed by atoms with van der Waals surface area (Å²) < 4.78 is 22.2. The van der Waals surface area contributed by atoms with Crippen LogP contribution in [0.3, 0.4) is 0 Å². The summed E-state index contributed by atoms with van der Waals surface area (Å²) in [4.78, 5) is 4.39. The van der Waals surface area contributed by atoms with E-state index in [9.17, 15) is 8.42 Å². The van der Waals surface area contributed by atoms with E-state index in [4.69, 9.17) is 5.84 Å². The molecule has 1 atom stereocenters. The van der Waals surface area contributed by atoms with Gasteiger partial charge in [-0.15, -0.1) is 0 Å². The largest absolute Gasteiger partial charge is 0.271 e. The van der Waals surface area contributed by atoms with Crippen molar-refractivity contribution in [3.8, 4) is 0 Å². The van der Waals surface area contributed by atoms with E-state index in [-0.39, 0.29) is 11.8 Å². The fourth-order valence-corrected chi connectivity index (χ4v) is 2.63. The minimum absolute atomic E-state index is 0.0557. The molecule has 3 N–H and O–H groups in total. The molecule has 0 aliphatic rings. The summed E-state index contributed by atoms with van der Waals surface area (Å²) in [7, 11) is -2.91. The lowest BCUT2D eigenvalue weighted by molar-refractivity contribution is 0.503. The number of rotatable bonds is 6. The van der Waals surface area contributed by atoms with Crippen LogP contribution in [-0.4, -0.2) is 25.4 Å². The van der Waals surface area contributed by atoms with Gasteiger partial charge < -0.3 is 0 Å². The zero-order valence-electron chi connectivity index (χ0n) is 11.1. The first-order chi connectivity index (χ1) is 8.33. The van der Waals surface area contributed by atoms with Gasteiger partial charge in [0, 0.05) is 29.4 Å². The summed E-state index contributed by atoms with van der Waals surface area (Å²) in [6.07, 6.45) is 2.51. The average molecular weight is 271 g/mol. The first-order valence-corrected chi connectivity index (χ1v) is 7.97. The van der Waals surface area contributed by atoms with E-state index in [0.717, 1.165) is 17.0 Å². The summed E-state index contributed by atoms with van der Waals surface area (Å²) in [6.45, 7) is 3.87. The Morgan fingerprint density at radius 1 is 1.39 bits per heavy atom. The lowest BCUT2D eigenvalue weighted by Crippen LogP contribution is -2.29. The molecule has 0 fully saturated rings. The van der Waals surface area contributed by atoms with Crippen molar-refractivity contribution in [2.24, 2.45) is 5.84 Å². The summed E-state index contributed by atoms with van der Waals surface area (Å²) in [5, 5.41) is 0. The van der Waals surface area contributed by atoms with E-state index in [0.29, 0.717) is 12.8 Å². The van der Waals surface area contributed by atoms with Gasteiger partial charge >= 0.3 is 0 Å². The highest BCUT2D eigenvalue weighted by Gasteiger charge is 2.14. The van der Waals surface area contributed by atoms with E-state index < -0.39 is 9.84 Å². The van der Waals surface area contributed by atoms with Gasteiger partial charge in [-0.1, -0.05) is 6.07 Å². The highest BCUT2D eigenvalue weighted by Crippen LogP contribution is 2.20. The molecular weight excluding hydrogens is 250 g/mol. The van der Waals surface area contributed by atoms with Gasteiger partial charge in [0.15, 0.2) is 0 Å². The van der Waals surface area contributed by atoms with E-state index >= 15 is 0 Å². The molecule has 1 rings (SSSR count). The number of nitrogens with two attached hydrogens (primary N) is 1. The standard InChI is InChI=1S/C12H21N3O2S/c1-9-6-7-11(10(2)14-9)12(15-13)5-4-8-18(3,16)17/h6-7,12,15H,4-5,8,13H2,1-3H3. The van der Waals surface area contributed by atoms with E-state index in [1.165, 1.54) is 6.26 Å². The maximum absolute atomic E-state index is 11.1. The molecule has 0 saturated carbocycles. The zero-order chi connectivity index (χ0) is 13.8. The van der Waals surface area contributed by atoms with Crippen LogP contribution in [0.15, 0.2) is 12.1 Å². The maximum atomic E-state index is 11.1. The van der Waals surface area contributed by atoms with Crippen LogP contribution in [0.5, 0.6) is 0 Å². The number of hydrazine groups is 1. The highest BCUT2D eigenvalue weighted by molar-refractivity contribution is 7.90. The van der Waals surface area contributed by atoms with Crippen molar-refractivity contribution in [1.29, 1.82) is 0 Å². The molecule has 0 bridgehead atoms. The third kappa shape index (κ3) is 4.72. The molecule has 18 heavy (non-hydrogen) atoms. The number of aromatic nitrogens is 1. The van der Waals surface area contributed by atoms with Crippen molar-refractivity contribution in [3.05, 3.63) is 29.1 Å². The number of hydrogen-bond donors (Lipinski definition) is 2. The van der Waals surface area contributed by atoms with Gasteiger partial charge in [-0.25, -0.2) is 8.42 Å². The topological polar surface area (TPSA) is 85.1 Å². The van der Waals surface area contributed by atoms with Gasteiger partial charge in [-0.05, 0) is 38.3 Å². The predicted octanol–water partition coefficient (Wildman–Crippen LogP) is 1.03. The van der Waals surface area contributed by atoms with Crippen molar-refractivity contribution < 1.29 is 8.42 Å². The predicted molar refractivity (Wildman–Crippen MR) is 72.7 cm³/mol. The fourth-order valence-electron chi connectivity index (χ4n) is 1.94. The number of sulfone groups is 1. The molecule has 0 radical (unpaired) electrons. The fraction of sp³-hybridized carbons (Fsp3) is 0.583. The van der Waals surface area contributed by atoms with Crippen LogP contribution in [0.1, 0.15) is 35.8 Å². The molecule has 1 heterocycles. The molecule has 1 aromatic heterocycles. The number of pyridine rings is 1. The summed E-state index contributed by atoms with van der Waals surface area (Å²) in [6, 6.07) is 3.87. The van der Waals surface area contributed by atoms with Crippen molar-refractivity contribution in [1.82, 2.24) is 10.4 Å². The molecule has 0 aliphatic heterocycles. The number of nitrogens with zero attached hydrogens (tertiary/aromatic N) is 1. The second-order valence-electron chi connectivity index (χ2n) is 4.62. The van der Waals surface area contributed by atoms with Crippen molar-refractivity contribution in [2.75, 3.05) is 12.0 Å². The average Bonchev–Trinajstić information content (AvgIpc) is 2.24. The molecule has 0 saturated heterocycles. The Balaban J connectivity index is 2.71. The second-order valence-corrected chi connectivity index (χ2v) is 6.88. The number of aryl methyl sites for hydroxylation is 2. The first kappa shape index (κ1) is 15.1. The van der Waals surface area contributed by atoms with Crippen LogP contribution in [0, 0.1) is 13.8 Å².